The molecule has 1 aromatic carbocycles. The van der Waals surface area contributed by atoms with Crippen LogP contribution in [-0.4, -0.2) is 28.9 Å². The zero-order chi connectivity index (χ0) is 21.7. The first-order chi connectivity index (χ1) is 13.6. The van der Waals surface area contributed by atoms with Crippen molar-refractivity contribution in [3.8, 4) is 0 Å². The zero-order valence-corrected chi connectivity index (χ0v) is 14.8. The number of halogens is 5. The number of aliphatic hydroxyl groups is 1. The summed E-state index contributed by atoms with van der Waals surface area (Å²) >= 11 is 0. The molecule has 6 nitrogen and oxygen atoms in total. The standard InChI is InChI=1S/C18H14F5N3O3/c1-2-3-29-18(28)9(7-25-17-14(23)6-13(22)16(24)26-17)15(27)8-4-11(20)12(21)5-10(8)19/h4-7,27H,2-3H2,1H3,(H2,24,26). The third-order valence-electron chi connectivity index (χ3n) is 3.43. The molecule has 2 rings (SSSR count). The normalized spacial score (nSPS) is 12.2. The summed E-state index contributed by atoms with van der Waals surface area (Å²) in [6.07, 6.45) is 0.942. The highest BCUT2D eigenvalue weighted by Crippen LogP contribution is 2.24. The monoisotopic (exact) mass is 415 g/mol. The fourth-order valence-corrected chi connectivity index (χ4v) is 2.02. The van der Waals surface area contributed by atoms with Crippen LogP contribution >= 0.6 is 0 Å². The number of aliphatic hydroxyl groups excluding tert-OH is 1. The molecule has 0 aliphatic carbocycles. The summed E-state index contributed by atoms with van der Waals surface area (Å²) in [6, 6.07) is 0.868. The molecular formula is C18H14F5N3O3. The van der Waals surface area contributed by atoms with Gasteiger partial charge in [-0.2, -0.15) is 0 Å². The number of carbonyl (C=O) groups is 1. The van der Waals surface area contributed by atoms with Gasteiger partial charge in [-0.1, -0.05) is 6.92 Å². The van der Waals surface area contributed by atoms with Gasteiger partial charge in [0.1, 0.15) is 17.1 Å². The van der Waals surface area contributed by atoms with Crippen LogP contribution < -0.4 is 5.73 Å². The Labute approximate surface area is 161 Å². The average molecular weight is 415 g/mol. The number of pyridine rings is 1. The summed E-state index contributed by atoms with van der Waals surface area (Å²) in [7, 11) is 0. The van der Waals surface area contributed by atoms with Crippen molar-refractivity contribution in [1.29, 1.82) is 0 Å². The van der Waals surface area contributed by atoms with Crippen LogP contribution in [0.2, 0.25) is 0 Å². The van der Waals surface area contributed by atoms with Gasteiger partial charge in [-0.05, 0) is 12.5 Å². The number of ether oxygens (including phenoxy) is 1. The molecule has 154 valence electrons. The number of benzene rings is 1. The first kappa shape index (κ1) is 21.8. The summed E-state index contributed by atoms with van der Waals surface area (Å²) in [6.45, 7) is 1.57. The van der Waals surface area contributed by atoms with Crippen molar-refractivity contribution in [1.82, 2.24) is 4.98 Å². The van der Waals surface area contributed by atoms with Gasteiger partial charge < -0.3 is 15.6 Å². The van der Waals surface area contributed by atoms with E-state index in [-0.39, 0.29) is 12.7 Å². The van der Waals surface area contributed by atoms with Gasteiger partial charge in [-0.15, -0.1) is 0 Å². The summed E-state index contributed by atoms with van der Waals surface area (Å²) in [4.78, 5) is 19.0. The van der Waals surface area contributed by atoms with E-state index in [2.05, 4.69) is 9.98 Å². The van der Waals surface area contributed by atoms with Crippen molar-refractivity contribution in [3.63, 3.8) is 0 Å². The second kappa shape index (κ2) is 9.13. The molecule has 0 fully saturated rings. The van der Waals surface area contributed by atoms with Gasteiger partial charge in [0.15, 0.2) is 34.9 Å². The lowest BCUT2D eigenvalue weighted by Crippen LogP contribution is -2.13. The molecule has 0 saturated carbocycles. The summed E-state index contributed by atoms with van der Waals surface area (Å²) < 4.78 is 72.2. The first-order valence-electron chi connectivity index (χ1n) is 8.06. The van der Waals surface area contributed by atoms with Crippen molar-refractivity contribution in [2.24, 2.45) is 4.99 Å². The van der Waals surface area contributed by atoms with Crippen LogP contribution in [0.15, 0.2) is 28.8 Å². The molecule has 3 N–H and O–H groups in total. The van der Waals surface area contributed by atoms with Gasteiger partial charge in [-0.25, -0.2) is 36.7 Å². The molecular weight excluding hydrogens is 401 g/mol. The minimum atomic E-state index is -1.52. The molecule has 1 aromatic heterocycles. The van der Waals surface area contributed by atoms with Gasteiger partial charge in [0, 0.05) is 18.3 Å². The predicted octanol–water partition coefficient (Wildman–Crippen LogP) is 3.98. The lowest BCUT2D eigenvalue weighted by Gasteiger charge is -2.09. The molecule has 0 aliphatic heterocycles. The molecule has 0 bridgehead atoms. The largest absolute Gasteiger partial charge is 0.506 e. The topological polar surface area (TPSA) is 97.8 Å². The van der Waals surface area contributed by atoms with Crippen LogP contribution in [0, 0.1) is 29.1 Å². The number of hydrogen-bond donors (Lipinski definition) is 2. The number of esters is 1. The van der Waals surface area contributed by atoms with E-state index in [1.807, 2.05) is 0 Å². The van der Waals surface area contributed by atoms with E-state index in [4.69, 9.17) is 10.5 Å². The number of hydrogen-bond acceptors (Lipinski definition) is 6. The van der Waals surface area contributed by atoms with Gasteiger partial charge in [-0.3, -0.25) is 0 Å². The van der Waals surface area contributed by atoms with Crippen LogP contribution in [0.5, 0.6) is 0 Å². The van der Waals surface area contributed by atoms with Crippen molar-refractivity contribution in [3.05, 3.63) is 58.4 Å². The van der Waals surface area contributed by atoms with Crippen LogP contribution in [0.1, 0.15) is 18.9 Å². The maximum Gasteiger partial charge on any atom is 0.343 e. The zero-order valence-electron chi connectivity index (χ0n) is 14.8. The van der Waals surface area contributed by atoms with E-state index < -0.39 is 63.6 Å². The van der Waals surface area contributed by atoms with Crippen molar-refractivity contribution < 1.29 is 36.6 Å². The molecule has 0 aliphatic rings. The predicted molar refractivity (Wildman–Crippen MR) is 93.8 cm³/mol. The van der Waals surface area contributed by atoms with Gasteiger partial charge in [0.05, 0.1) is 12.2 Å². The number of aromatic nitrogens is 1. The van der Waals surface area contributed by atoms with Crippen LogP contribution in [0.3, 0.4) is 0 Å². The number of nitrogens with two attached hydrogens (primary N) is 1. The highest BCUT2D eigenvalue weighted by molar-refractivity contribution is 6.15. The molecule has 2 aromatic rings. The SMILES string of the molecule is CCCOC(=O)C(C=Nc1nc(N)c(F)cc1F)=C(O)c1cc(F)c(F)cc1F. The Morgan fingerprint density at radius 2 is 1.72 bits per heavy atom. The Morgan fingerprint density at radius 3 is 2.38 bits per heavy atom. The second-order valence-corrected chi connectivity index (χ2v) is 5.56. The number of nitrogens with zero attached hydrogens (tertiary/aromatic N) is 2. The van der Waals surface area contributed by atoms with Crippen LogP contribution in [0.4, 0.5) is 33.6 Å². The molecule has 11 heteroatoms. The van der Waals surface area contributed by atoms with Gasteiger partial charge >= 0.3 is 5.97 Å². The number of rotatable bonds is 6. The Kier molecular flexibility index (Phi) is 6.86. The lowest BCUT2D eigenvalue weighted by atomic mass is 10.1. The highest BCUT2D eigenvalue weighted by Gasteiger charge is 2.21. The maximum atomic E-state index is 14.0. The lowest BCUT2D eigenvalue weighted by molar-refractivity contribution is -0.138. The number of anilines is 1. The van der Waals surface area contributed by atoms with Gasteiger partial charge in [0.25, 0.3) is 0 Å². The molecule has 1 heterocycles. The Bertz CT molecular complexity index is 1010. The van der Waals surface area contributed by atoms with Crippen molar-refractivity contribution in [2.45, 2.75) is 13.3 Å². The third-order valence-corrected chi connectivity index (χ3v) is 3.43. The quantitative estimate of drug-likeness (QED) is 0.186. The van der Waals surface area contributed by atoms with E-state index in [0.29, 0.717) is 24.8 Å². The summed E-state index contributed by atoms with van der Waals surface area (Å²) in [5.41, 5.74) is 3.53. The molecule has 29 heavy (non-hydrogen) atoms. The molecule has 0 radical (unpaired) electrons. The van der Waals surface area contributed by atoms with E-state index >= 15 is 0 Å². The van der Waals surface area contributed by atoms with Crippen molar-refractivity contribution >= 4 is 29.6 Å². The smallest absolute Gasteiger partial charge is 0.343 e. The molecule has 0 saturated heterocycles. The minimum Gasteiger partial charge on any atom is -0.506 e. The fourth-order valence-electron chi connectivity index (χ4n) is 2.02. The average Bonchev–Trinajstić information content (AvgIpc) is 2.66. The van der Waals surface area contributed by atoms with Crippen LogP contribution in [-0.2, 0) is 9.53 Å². The summed E-state index contributed by atoms with van der Waals surface area (Å²) in [5, 5.41) is 10.3. The Morgan fingerprint density at radius 1 is 1.10 bits per heavy atom. The van der Waals surface area contributed by atoms with Gasteiger partial charge in [0.2, 0.25) is 0 Å². The molecule has 0 atom stereocenters. The molecule has 0 spiro atoms. The number of carbonyl (C=O) groups excluding carboxylic acids is 1. The number of nitrogen functional groups attached to an aromatic ring is 1. The van der Waals surface area contributed by atoms with E-state index in [0.717, 1.165) is 0 Å². The van der Waals surface area contributed by atoms with Crippen LogP contribution in [0.25, 0.3) is 5.76 Å². The molecule has 0 amide bonds. The van der Waals surface area contributed by atoms with Crippen molar-refractivity contribution in [2.75, 3.05) is 12.3 Å². The second-order valence-electron chi connectivity index (χ2n) is 5.56. The highest BCUT2D eigenvalue weighted by atomic mass is 19.2. The van der Waals surface area contributed by atoms with E-state index in [1.54, 1.807) is 6.92 Å². The van der Waals surface area contributed by atoms with E-state index in [9.17, 15) is 31.9 Å². The maximum absolute atomic E-state index is 14.0. The summed E-state index contributed by atoms with van der Waals surface area (Å²) in [5.74, 6) is -10.6. The Hall–Kier alpha value is -3.50. The Balaban J connectivity index is 2.58. The third kappa shape index (κ3) is 5.06. The van der Waals surface area contributed by atoms with E-state index in [1.165, 1.54) is 0 Å². The number of aliphatic imine (C=N–C) groups is 1. The fraction of sp³-hybridized carbons (Fsp3) is 0.167. The molecule has 0 unspecified atom stereocenters. The first-order valence-corrected chi connectivity index (χ1v) is 8.06. The minimum absolute atomic E-state index is 0.0974.